The van der Waals surface area contributed by atoms with Crippen LogP contribution in [0, 0.1) is 11.6 Å². The van der Waals surface area contributed by atoms with Crippen molar-refractivity contribution in [1.29, 1.82) is 0 Å². The molecule has 14 heavy (non-hydrogen) atoms. The van der Waals surface area contributed by atoms with Crippen molar-refractivity contribution in [3.63, 3.8) is 0 Å². The fourth-order valence-corrected chi connectivity index (χ4v) is 1.45. The monoisotopic (exact) mass is 263 g/mol. The average Bonchev–Trinajstić information content (AvgIpc) is 2.11. The molecular formula is C9H8BrF2NO. The van der Waals surface area contributed by atoms with Crippen molar-refractivity contribution >= 4 is 21.7 Å². The molecule has 0 radical (unpaired) electrons. The first-order chi connectivity index (χ1) is 6.56. The number of Topliss-reactive ketones (excluding diaryl/α,β-unsaturated/α-hetero) is 1. The quantitative estimate of drug-likeness (QED) is 0.672. The molecule has 0 atom stereocenters. The molecule has 2 nitrogen and oxygen atoms in total. The van der Waals surface area contributed by atoms with E-state index in [1.54, 1.807) is 0 Å². The summed E-state index contributed by atoms with van der Waals surface area (Å²) in [4.78, 5) is 11.3. The van der Waals surface area contributed by atoms with E-state index in [2.05, 4.69) is 15.9 Å². The zero-order chi connectivity index (χ0) is 10.7. The highest BCUT2D eigenvalue weighted by molar-refractivity contribution is 9.10. The molecule has 0 bridgehead atoms. The normalized spacial score (nSPS) is 10.3. The third kappa shape index (κ3) is 2.36. The first-order valence-corrected chi connectivity index (χ1v) is 4.73. The van der Waals surface area contributed by atoms with Gasteiger partial charge in [-0.05, 0) is 18.7 Å². The summed E-state index contributed by atoms with van der Waals surface area (Å²) < 4.78 is 26.3. The standard InChI is InChI=1S/C9H8BrF2NO/c10-5-3-6(8(14)1-2-13)9(12)7(11)4-5/h3-4H,1-2,13H2. The summed E-state index contributed by atoms with van der Waals surface area (Å²) in [7, 11) is 0. The molecule has 76 valence electrons. The van der Waals surface area contributed by atoms with Gasteiger partial charge < -0.3 is 5.73 Å². The van der Waals surface area contributed by atoms with Gasteiger partial charge in [-0.2, -0.15) is 0 Å². The van der Waals surface area contributed by atoms with Gasteiger partial charge in [0.05, 0.1) is 5.56 Å². The lowest BCUT2D eigenvalue weighted by atomic mass is 10.1. The number of carbonyl (C=O) groups excluding carboxylic acids is 1. The summed E-state index contributed by atoms with van der Waals surface area (Å²) in [5, 5.41) is 0. The Morgan fingerprint density at radius 1 is 1.43 bits per heavy atom. The molecule has 0 aliphatic carbocycles. The molecule has 0 saturated carbocycles. The maximum atomic E-state index is 13.1. The van der Waals surface area contributed by atoms with E-state index in [0.29, 0.717) is 4.47 Å². The summed E-state index contributed by atoms with van der Waals surface area (Å²) in [6, 6.07) is 2.21. The van der Waals surface area contributed by atoms with E-state index >= 15 is 0 Å². The van der Waals surface area contributed by atoms with E-state index in [0.717, 1.165) is 6.07 Å². The zero-order valence-electron chi connectivity index (χ0n) is 7.19. The minimum atomic E-state index is -1.12. The lowest BCUT2D eigenvalue weighted by Crippen LogP contribution is -2.10. The molecule has 0 aliphatic heterocycles. The second kappa shape index (κ2) is 4.61. The third-order valence-corrected chi connectivity index (χ3v) is 2.12. The number of benzene rings is 1. The van der Waals surface area contributed by atoms with E-state index < -0.39 is 17.4 Å². The second-order valence-corrected chi connectivity index (χ2v) is 3.63. The van der Waals surface area contributed by atoms with E-state index in [1.807, 2.05) is 0 Å². The predicted octanol–water partition coefficient (Wildman–Crippen LogP) is 2.26. The maximum absolute atomic E-state index is 13.1. The van der Waals surface area contributed by atoms with E-state index in [-0.39, 0.29) is 18.5 Å². The van der Waals surface area contributed by atoms with Crippen LogP contribution < -0.4 is 5.73 Å². The van der Waals surface area contributed by atoms with Gasteiger partial charge in [0.1, 0.15) is 0 Å². The number of rotatable bonds is 3. The summed E-state index contributed by atoms with van der Waals surface area (Å²) in [5.41, 5.74) is 4.88. The second-order valence-electron chi connectivity index (χ2n) is 2.71. The van der Waals surface area contributed by atoms with Gasteiger partial charge in [-0.1, -0.05) is 15.9 Å². The average molecular weight is 264 g/mol. The largest absolute Gasteiger partial charge is 0.330 e. The summed E-state index contributed by atoms with van der Waals surface area (Å²) in [6.45, 7) is 0.117. The Morgan fingerprint density at radius 3 is 2.64 bits per heavy atom. The van der Waals surface area contributed by atoms with Crippen molar-refractivity contribution in [2.45, 2.75) is 6.42 Å². The van der Waals surface area contributed by atoms with Crippen LogP contribution in [0.5, 0.6) is 0 Å². The molecule has 2 N–H and O–H groups in total. The van der Waals surface area contributed by atoms with Crippen LogP contribution in [0.2, 0.25) is 0 Å². The van der Waals surface area contributed by atoms with E-state index in [4.69, 9.17) is 5.73 Å². The van der Waals surface area contributed by atoms with Crippen molar-refractivity contribution in [1.82, 2.24) is 0 Å². The van der Waals surface area contributed by atoms with Crippen LogP contribution in [0.3, 0.4) is 0 Å². The van der Waals surface area contributed by atoms with Crippen LogP contribution >= 0.6 is 15.9 Å². The van der Waals surface area contributed by atoms with Crippen molar-refractivity contribution < 1.29 is 13.6 Å². The number of hydrogen-bond donors (Lipinski definition) is 1. The Morgan fingerprint density at radius 2 is 2.07 bits per heavy atom. The summed E-state index contributed by atoms with van der Waals surface area (Å²) in [5.74, 6) is -2.66. The molecule has 0 aromatic heterocycles. The van der Waals surface area contributed by atoms with Crippen LogP contribution in [-0.2, 0) is 0 Å². The molecule has 1 rings (SSSR count). The minimum absolute atomic E-state index is 0.00676. The van der Waals surface area contributed by atoms with Crippen molar-refractivity contribution in [3.8, 4) is 0 Å². The predicted molar refractivity (Wildman–Crippen MR) is 52.1 cm³/mol. The van der Waals surface area contributed by atoms with Gasteiger partial charge in [0.2, 0.25) is 0 Å². The number of nitrogens with two attached hydrogens (primary N) is 1. The molecule has 0 unspecified atom stereocenters. The highest BCUT2D eigenvalue weighted by Gasteiger charge is 2.15. The lowest BCUT2D eigenvalue weighted by molar-refractivity contribution is 0.0980. The van der Waals surface area contributed by atoms with Gasteiger partial charge in [0, 0.05) is 10.9 Å². The Labute approximate surface area is 88.2 Å². The molecule has 5 heteroatoms. The van der Waals surface area contributed by atoms with Crippen LogP contribution in [0.25, 0.3) is 0 Å². The first-order valence-electron chi connectivity index (χ1n) is 3.94. The van der Waals surface area contributed by atoms with Crippen molar-refractivity contribution in [2.75, 3.05) is 6.54 Å². The lowest BCUT2D eigenvalue weighted by Gasteiger charge is -2.03. The zero-order valence-corrected chi connectivity index (χ0v) is 8.77. The molecular weight excluding hydrogens is 256 g/mol. The van der Waals surface area contributed by atoms with Gasteiger partial charge in [0.25, 0.3) is 0 Å². The maximum Gasteiger partial charge on any atom is 0.169 e. The van der Waals surface area contributed by atoms with Gasteiger partial charge >= 0.3 is 0 Å². The van der Waals surface area contributed by atoms with Crippen LogP contribution in [0.1, 0.15) is 16.8 Å². The molecule has 0 saturated heterocycles. The Kier molecular flexibility index (Phi) is 3.71. The SMILES string of the molecule is NCCC(=O)c1cc(Br)cc(F)c1F. The molecule has 0 amide bonds. The van der Waals surface area contributed by atoms with Crippen LogP contribution in [-0.4, -0.2) is 12.3 Å². The third-order valence-electron chi connectivity index (χ3n) is 1.66. The van der Waals surface area contributed by atoms with Gasteiger partial charge in [0.15, 0.2) is 17.4 Å². The fraction of sp³-hybridized carbons (Fsp3) is 0.222. The number of halogens is 3. The van der Waals surface area contributed by atoms with E-state index in [1.165, 1.54) is 6.07 Å². The molecule has 0 aliphatic rings. The molecule has 1 aromatic rings. The first kappa shape index (κ1) is 11.3. The number of ketones is 1. The topological polar surface area (TPSA) is 43.1 Å². The number of carbonyl (C=O) groups is 1. The molecule has 0 spiro atoms. The number of hydrogen-bond acceptors (Lipinski definition) is 2. The van der Waals surface area contributed by atoms with Gasteiger partial charge in [-0.15, -0.1) is 0 Å². The van der Waals surface area contributed by atoms with Crippen molar-refractivity contribution in [3.05, 3.63) is 33.8 Å². The fourth-order valence-electron chi connectivity index (χ4n) is 1.02. The van der Waals surface area contributed by atoms with Gasteiger partial charge in [-0.3, -0.25) is 4.79 Å². The Balaban J connectivity index is 3.13. The smallest absolute Gasteiger partial charge is 0.169 e. The molecule has 0 heterocycles. The van der Waals surface area contributed by atoms with Crippen molar-refractivity contribution in [2.24, 2.45) is 5.73 Å². The minimum Gasteiger partial charge on any atom is -0.330 e. The highest BCUT2D eigenvalue weighted by atomic mass is 79.9. The Bertz CT molecular complexity index is 368. The van der Waals surface area contributed by atoms with E-state index in [9.17, 15) is 13.6 Å². The van der Waals surface area contributed by atoms with Gasteiger partial charge in [-0.25, -0.2) is 8.78 Å². The van der Waals surface area contributed by atoms with Crippen LogP contribution in [0.4, 0.5) is 8.78 Å². The molecule has 1 aromatic carbocycles. The summed E-state index contributed by atoms with van der Waals surface area (Å²) in [6.07, 6.45) is 0.00676. The summed E-state index contributed by atoms with van der Waals surface area (Å²) >= 11 is 2.98. The van der Waals surface area contributed by atoms with Crippen LogP contribution in [0.15, 0.2) is 16.6 Å². The Hall–Kier alpha value is -0.810. The highest BCUT2D eigenvalue weighted by Crippen LogP contribution is 2.20. The molecule has 0 fully saturated rings.